The number of ether oxygens (including phenoxy) is 1. The predicted octanol–water partition coefficient (Wildman–Crippen LogP) is 2.19. The molecule has 1 aliphatic heterocycles. The summed E-state index contributed by atoms with van der Waals surface area (Å²) in [4.78, 5) is 4.15. The maximum absolute atomic E-state index is 5.40. The maximum Gasteiger partial charge on any atom is 0.298 e. The molecule has 1 aromatic rings. The third kappa shape index (κ3) is 1.10. The van der Waals surface area contributed by atoms with Gasteiger partial charge < -0.3 is 4.74 Å². The Morgan fingerprint density at radius 1 is 1.64 bits per heavy atom. The van der Waals surface area contributed by atoms with Crippen LogP contribution in [0, 0.1) is 0 Å². The highest BCUT2D eigenvalue weighted by molar-refractivity contribution is 9.13. The molecule has 1 atom stereocenters. The van der Waals surface area contributed by atoms with Crippen molar-refractivity contribution in [2.24, 2.45) is 0 Å². The van der Waals surface area contributed by atoms with E-state index in [2.05, 4.69) is 36.8 Å². The molecule has 0 unspecified atom stereocenters. The Balaban J connectivity index is 2.48. The van der Waals surface area contributed by atoms with Crippen molar-refractivity contribution in [2.45, 2.75) is 19.6 Å². The first-order chi connectivity index (χ1) is 5.18. The molecule has 0 aromatic carbocycles. The number of halogens is 2. The minimum absolute atomic E-state index is 0.238. The highest BCUT2D eigenvalue weighted by atomic mass is 79.9. The van der Waals surface area contributed by atoms with Crippen LogP contribution in [-0.2, 0) is 6.54 Å². The molecule has 1 aliphatic rings. The van der Waals surface area contributed by atoms with E-state index in [-0.39, 0.29) is 6.10 Å². The number of aromatic nitrogens is 2. The highest BCUT2D eigenvalue weighted by Crippen LogP contribution is 2.32. The van der Waals surface area contributed by atoms with Crippen molar-refractivity contribution in [1.29, 1.82) is 0 Å². The van der Waals surface area contributed by atoms with Crippen LogP contribution in [0.4, 0.5) is 0 Å². The van der Waals surface area contributed by atoms with Crippen LogP contribution in [-0.4, -0.2) is 15.7 Å². The van der Waals surface area contributed by atoms with Gasteiger partial charge in [-0.05, 0) is 38.8 Å². The molecule has 1 aromatic heterocycles. The van der Waals surface area contributed by atoms with E-state index < -0.39 is 0 Å². The van der Waals surface area contributed by atoms with Crippen molar-refractivity contribution in [3.63, 3.8) is 0 Å². The minimum Gasteiger partial charge on any atom is -0.460 e. The van der Waals surface area contributed by atoms with E-state index in [0.29, 0.717) is 6.01 Å². The molecule has 3 nitrogen and oxygen atoms in total. The van der Waals surface area contributed by atoms with Gasteiger partial charge in [-0.15, -0.1) is 0 Å². The van der Waals surface area contributed by atoms with Crippen LogP contribution in [0.2, 0.25) is 0 Å². The summed E-state index contributed by atoms with van der Waals surface area (Å²) in [6.07, 6.45) is 0.238. The Morgan fingerprint density at radius 3 is 3.00 bits per heavy atom. The van der Waals surface area contributed by atoms with Gasteiger partial charge in [0, 0.05) is 0 Å². The van der Waals surface area contributed by atoms with Gasteiger partial charge >= 0.3 is 0 Å². The lowest BCUT2D eigenvalue weighted by molar-refractivity contribution is 0.245. The molecule has 0 amide bonds. The molecule has 11 heavy (non-hydrogen) atoms. The topological polar surface area (TPSA) is 27.1 Å². The summed E-state index contributed by atoms with van der Waals surface area (Å²) in [6, 6.07) is 0.691. The van der Waals surface area contributed by atoms with Crippen LogP contribution >= 0.6 is 31.9 Å². The second kappa shape index (κ2) is 2.48. The molecule has 60 valence electrons. The number of fused-ring (bicyclic) bond motifs is 1. The Kier molecular flexibility index (Phi) is 1.72. The first kappa shape index (κ1) is 7.61. The standard InChI is InChI=1S/C6H6Br2N2O/c1-3-2-10-5(8)4(7)9-6(10)11-3/h3H,2H2,1H3/t3-/m0/s1. The van der Waals surface area contributed by atoms with E-state index in [1.54, 1.807) is 0 Å². The number of imidazole rings is 1. The van der Waals surface area contributed by atoms with Gasteiger partial charge in [0.15, 0.2) is 0 Å². The fourth-order valence-corrected chi connectivity index (χ4v) is 1.86. The van der Waals surface area contributed by atoms with E-state index in [0.717, 1.165) is 15.8 Å². The van der Waals surface area contributed by atoms with Crippen LogP contribution < -0.4 is 4.74 Å². The summed E-state index contributed by atoms with van der Waals surface area (Å²) in [5.74, 6) is 0. The Labute approximate surface area is 81.0 Å². The first-order valence-corrected chi connectivity index (χ1v) is 4.85. The van der Waals surface area contributed by atoms with Crippen LogP contribution in [0.15, 0.2) is 9.21 Å². The van der Waals surface area contributed by atoms with Gasteiger partial charge in [0.25, 0.3) is 6.01 Å². The monoisotopic (exact) mass is 280 g/mol. The van der Waals surface area contributed by atoms with E-state index >= 15 is 0 Å². The highest BCUT2D eigenvalue weighted by Gasteiger charge is 2.24. The number of rotatable bonds is 0. The van der Waals surface area contributed by atoms with Gasteiger partial charge in [-0.2, -0.15) is 4.98 Å². The second-order valence-corrected chi connectivity index (χ2v) is 4.02. The van der Waals surface area contributed by atoms with Gasteiger partial charge in [0.05, 0.1) is 6.54 Å². The Bertz CT molecular complexity index is 297. The zero-order valence-corrected chi connectivity index (χ0v) is 9.02. The minimum atomic E-state index is 0.238. The van der Waals surface area contributed by atoms with Gasteiger partial charge in [-0.1, -0.05) is 0 Å². The van der Waals surface area contributed by atoms with Crippen LogP contribution in [0.1, 0.15) is 6.92 Å². The lowest BCUT2D eigenvalue weighted by Crippen LogP contribution is -2.08. The SMILES string of the molecule is C[C@H]1Cn2c(nc(Br)c2Br)O1. The van der Waals surface area contributed by atoms with Crippen molar-refractivity contribution in [2.75, 3.05) is 0 Å². The summed E-state index contributed by atoms with van der Waals surface area (Å²) < 4.78 is 9.16. The fourth-order valence-electron chi connectivity index (χ4n) is 1.11. The largest absolute Gasteiger partial charge is 0.460 e. The average molecular weight is 282 g/mol. The Morgan fingerprint density at radius 2 is 2.36 bits per heavy atom. The fraction of sp³-hybridized carbons (Fsp3) is 0.500. The Hall–Kier alpha value is -0.0300. The van der Waals surface area contributed by atoms with Gasteiger partial charge in [0.2, 0.25) is 0 Å². The third-order valence-electron chi connectivity index (χ3n) is 1.58. The average Bonchev–Trinajstić information content (AvgIpc) is 2.37. The van der Waals surface area contributed by atoms with Crippen molar-refractivity contribution in [1.82, 2.24) is 9.55 Å². The smallest absolute Gasteiger partial charge is 0.298 e. The molecular formula is C6H6Br2N2O. The molecule has 0 aliphatic carbocycles. The molecule has 0 N–H and O–H groups in total. The van der Waals surface area contributed by atoms with Gasteiger partial charge in [0.1, 0.15) is 15.3 Å². The van der Waals surface area contributed by atoms with Gasteiger partial charge in [-0.3, -0.25) is 4.57 Å². The predicted molar refractivity (Wildman–Crippen MR) is 47.7 cm³/mol. The summed E-state index contributed by atoms with van der Waals surface area (Å²) in [5, 5.41) is 0. The zero-order chi connectivity index (χ0) is 8.01. The zero-order valence-electron chi connectivity index (χ0n) is 5.84. The number of hydrogen-bond acceptors (Lipinski definition) is 2. The van der Waals surface area contributed by atoms with Crippen molar-refractivity contribution < 1.29 is 4.74 Å². The molecule has 2 heterocycles. The van der Waals surface area contributed by atoms with Crippen LogP contribution in [0.25, 0.3) is 0 Å². The molecule has 0 radical (unpaired) electrons. The van der Waals surface area contributed by atoms with Crippen molar-refractivity contribution >= 4 is 31.9 Å². The van der Waals surface area contributed by atoms with Crippen molar-refractivity contribution in [3.8, 4) is 6.01 Å². The first-order valence-electron chi connectivity index (χ1n) is 3.26. The summed E-state index contributed by atoms with van der Waals surface area (Å²) in [7, 11) is 0. The van der Waals surface area contributed by atoms with E-state index in [9.17, 15) is 0 Å². The molecule has 0 saturated heterocycles. The van der Waals surface area contributed by atoms with Crippen LogP contribution in [0.5, 0.6) is 6.01 Å². The molecule has 5 heteroatoms. The molecule has 0 bridgehead atoms. The number of nitrogens with zero attached hydrogens (tertiary/aromatic N) is 2. The molecular weight excluding hydrogens is 276 g/mol. The molecule has 0 spiro atoms. The molecule has 0 saturated carbocycles. The summed E-state index contributed by atoms with van der Waals surface area (Å²) in [6.45, 7) is 2.89. The lowest BCUT2D eigenvalue weighted by Gasteiger charge is -1.98. The number of hydrogen-bond donors (Lipinski definition) is 0. The third-order valence-corrected chi connectivity index (χ3v) is 3.47. The van der Waals surface area contributed by atoms with Crippen LogP contribution in [0.3, 0.4) is 0 Å². The van der Waals surface area contributed by atoms with Crippen molar-refractivity contribution in [3.05, 3.63) is 9.21 Å². The summed E-state index contributed by atoms with van der Waals surface area (Å²) >= 11 is 6.70. The molecule has 2 rings (SSSR count). The molecule has 0 fully saturated rings. The van der Waals surface area contributed by atoms with Gasteiger partial charge in [-0.25, -0.2) is 0 Å². The lowest BCUT2D eigenvalue weighted by atomic mass is 10.4. The van der Waals surface area contributed by atoms with E-state index in [1.807, 2.05) is 11.5 Å². The summed E-state index contributed by atoms with van der Waals surface area (Å²) in [5.41, 5.74) is 0. The van der Waals surface area contributed by atoms with E-state index in [1.165, 1.54) is 0 Å². The normalized spacial score (nSPS) is 21.5. The maximum atomic E-state index is 5.40. The van der Waals surface area contributed by atoms with E-state index in [4.69, 9.17) is 4.74 Å². The quantitative estimate of drug-likeness (QED) is 0.729. The second-order valence-electron chi connectivity index (χ2n) is 2.52.